The van der Waals surface area contributed by atoms with E-state index in [-0.39, 0.29) is 6.04 Å². The molecule has 4 nitrogen and oxygen atoms in total. The van der Waals surface area contributed by atoms with Gasteiger partial charge in [-0.15, -0.1) is 11.3 Å². The van der Waals surface area contributed by atoms with Gasteiger partial charge in [0, 0.05) is 25.7 Å². The van der Waals surface area contributed by atoms with Crippen LogP contribution >= 0.6 is 11.3 Å². The van der Waals surface area contributed by atoms with Gasteiger partial charge in [0.25, 0.3) is 10.0 Å². The van der Waals surface area contributed by atoms with E-state index >= 15 is 0 Å². The fourth-order valence-corrected chi connectivity index (χ4v) is 4.37. The van der Waals surface area contributed by atoms with Gasteiger partial charge < -0.3 is 5.32 Å². The lowest BCUT2D eigenvalue weighted by atomic mass is 10.3. The quantitative estimate of drug-likeness (QED) is 0.842. The molecule has 0 bridgehead atoms. The summed E-state index contributed by atoms with van der Waals surface area (Å²) < 4.78 is 26.7. The third kappa shape index (κ3) is 4.27. The van der Waals surface area contributed by atoms with Crippen LogP contribution in [0.2, 0.25) is 0 Å². The molecule has 0 aliphatic carbocycles. The molecule has 1 unspecified atom stereocenters. The van der Waals surface area contributed by atoms with Gasteiger partial charge in [-0.1, -0.05) is 20.8 Å². The van der Waals surface area contributed by atoms with Crippen LogP contribution in [0.25, 0.3) is 0 Å². The fraction of sp³-hybridized carbons (Fsp3) is 0.692. The number of hydrogen-bond donors (Lipinski definition) is 1. The van der Waals surface area contributed by atoms with Crippen LogP contribution in [0, 0.1) is 0 Å². The summed E-state index contributed by atoms with van der Waals surface area (Å²) in [7, 11) is -1.70. The summed E-state index contributed by atoms with van der Waals surface area (Å²) in [5.41, 5.74) is 1.02. The minimum absolute atomic E-state index is 0.0179. The van der Waals surface area contributed by atoms with Crippen molar-refractivity contribution in [3.8, 4) is 0 Å². The van der Waals surface area contributed by atoms with Crippen molar-refractivity contribution < 1.29 is 8.42 Å². The number of thiophene rings is 1. The van der Waals surface area contributed by atoms with Crippen LogP contribution in [0.1, 0.15) is 39.7 Å². The summed E-state index contributed by atoms with van der Waals surface area (Å²) in [4.78, 5) is 0. The van der Waals surface area contributed by atoms with Gasteiger partial charge in [-0.2, -0.15) is 4.31 Å². The van der Waals surface area contributed by atoms with Gasteiger partial charge in [-0.05, 0) is 30.4 Å². The number of sulfonamides is 1. The summed E-state index contributed by atoms with van der Waals surface area (Å²) in [6.07, 6.45) is 0.808. The normalized spacial score (nSPS) is 14.3. The zero-order valence-electron chi connectivity index (χ0n) is 12.3. The number of nitrogens with zero attached hydrogens (tertiary/aromatic N) is 1. The highest BCUT2D eigenvalue weighted by molar-refractivity contribution is 7.91. The Kier molecular flexibility index (Phi) is 5.98. The first-order valence-corrected chi connectivity index (χ1v) is 8.89. The highest BCUT2D eigenvalue weighted by Gasteiger charge is 2.25. The van der Waals surface area contributed by atoms with Crippen LogP contribution in [-0.4, -0.2) is 31.9 Å². The molecule has 0 aliphatic rings. The van der Waals surface area contributed by atoms with E-state index in [2.05, 4.69) is 19.2 Å². The van der Waals surface area contributed by atoms with Gasteiger partial charge in [-0.25, -0.2) is 8.42 Å². The molecule has 1 atom stereocenters. The lowest BCUT2D eigenvalue weighted by Gasteiger charge is -2.22. The van der Waals surface area contributed by atoms with Gasteiger partial charge in [0.1, 0.15) is 4.21 Å². The van der Waals surface area contributed by atoms with Crippen LogP contribution in [0.4, 0.5) is 0 Å². The molecule has 1 rings (SSSR count). The summed E-state index contributed by atoms with van der Waals surface area (Å²) in [6, 6.07) is 2.18. The molecule has 0 radical (unpaired) electrons. The van der Waals surface area contributed by atoms with E-state index in [0.717, 1.165) is 12.0 Å². The average molecular weight is 304 g/mol. The van der Waals surface area contributed by atoms with Gasteiger partial charge in [0.15, 0.2) is 0 Å². The third-order valence-corrected chi connectivity index (χ3v) is 6.62. The van der Waals surface area contributed by atoms with E-state index in [1.807, 2.05) is 19.2 Å². The van der Waals surface area contributed by atoms with Crippen LogP contribution in [-0.2, 0) is 16.6 Å². The van der Waals surface area contributed by atoms with E-state index < -0.39 is 10.0 Å². The van der Waals surface area contributed by atoms with Crippen molar-refractivity contribution in [1.29, 1.82) is 0 Å². The van der Waals surface area contributed by atoms with Gasteiger partial charge >= 0.3 is 0 Å². The molecule has 19 heavy (non-hydrogen) atoms. The molecule has 0 aliphatic heterocycles. The Hall–Kier alpha value is -0.430. The van der Waals surface area contributed by atoms with Crippen LogP contribution in [0.5, 0.6) is 0 Å². The Morgan fingerprint density at radius 2 is 2.00 bits per heavy atom. The lowest BCUT2D eigenvalue weighted by Crippen LogP contribution is -2.34. The zero-order valence-corrected chi connectivity index (χ0v) is 13.9. The van der Waals surface area contributed by atoms with Crippen molar-refractivity contribution in [2.24, 2.45) is 0 Å². The minimum Gasteiger partial charge on any atom is -0.310 e. The molecular weight excluding hydrogens is 280 g/mol. The largest absolute Gasteiger partial charge is 0.310 e. The maximum atomic E-state index is 12.4. The monoisotopic (exact) mass is 304 g/mol. The second-order valence-electron chi connectivity index (χ2n) is 5.09. The van der Waals surface area contributed by atoms with Crippen molar-refractivity contribution >= 4 is 21.4 Å². The van der Waals surface area contributed by atoms with Crippen molar-refractivity contribution in [3.05, 3.63) is 17.0 Å². The van der Waals surface area contributed by atoms with Crippen molar-refractivity contribution in [1.82, 2.24) is 9.62 Å². The first-order valence-electron chi connectivity index (χ1n) is 6.57. The summed E-state index contributed by atoms with van der Waals surface area (Å²) >= 11 is 1.29. The van der Waals surface area contributed by atoms with Crippen LogP contribution < -0.4 is 5.32 Å². The minimum atomic E-state index is -3.34. The molecule has 0 fully saturated rings. The molecule has 0 saturated heterocycles. The van der Waals surface area contributed by atoms with E-state index in [4.69, 9.17) is 0 Å². The highest BCUT2D eigenvalue weighted by Crippen LogP contribution is 2.25. The van der Waals surface area contributed by atoms with E-state index in [0.29, 0.717) is 16.8 Å². The Morgan fingerprint density at radius 3 is 2.53 bits per heavy atom. The molecular formula is C13H24N2O2S2. The summed E-state index contributed by atoms with van der Waals surface area (Å²) in [6.45, 7) is 8.76. The maximum Gasteiger partial charge on any atom is 0.252 e. The second-order valence-corrected chi connectivity index (χ2v) is 8.22. The van der Waals surface area contributed by atoms with E-state index in [9.17, 15) is 8.42 Å². The average Bonchev–Trinajstić information content (AvgIpc) is 2.83. The number of rotatable bonds is 7. The van der Waals surface area contributed by atoms with Crippen molar-refractivity contribution in [3.63, 3.8) is 0 Å². The summed E-state index contributed by atoms with van der Waals surface area (Å²) in [5, 5.41) is 5.20. The highest BCUT2D eigenvalue weighted by atomic mass is 32.2. The molecule has 0 spiro atoms. The Morgan fingerprint density at radius 1 is 1.37 bits per heavy atom. The van der Waals surface area contributed by atoms with Crippen LogP contribution in [0.3, 0.4) is 0 Å². The smallest absolute Gasteiger partial charge is 0.252 e. The molecule has 110 valence electrons. The molecule has 1 aromatic heterocycles. The first kappa shape index (κ1) is 16.6. The SMILES string of the molecule is CCC(C)N(C)S(=O)(=O)c1cc(CNC(C)C)cs1. The fourth-order valence-electron chi connectivity index (χ4n) is 1.54. The third-order valence-electron chi connectivity index (χ3n) is 3.19. The molecule has 1 N–H and O–H groups in total. The Bertz CT molecular complexity index is 494. The second kappa shape index (κ2) is 6.83. The predicted molar refractivity (Wildman–Crippen MR) is 81.0 cm³/mol. The van der Waals surface area contributed by atoms with Gasteiger partial charge in [0.05, 0.1) is 0 Å². The molecule has 1 aromatic rings. The molecule has 0 amide bonds. The topological polar surface area (TPSA) is 49.4 Å². The zero-order chi connectivity index (χ0) is 14.6. The van der Waals surface area contributed by atoms with Crippen molar-refractivity contribution in [2.45, 2.75) is 57.0 Å². The Balaban J connectivity index is 2.85. The van der Waals surface area contributed by atoms with Crippen LogP contribution in [0.15, 0.2) is 15.7 Å². The number of nitrogens with one attached hydrogen (secondary N) is 1. The molecule has 6 heteroatoms. The molecule has 1 heterocycles. The molecule has 0 saturated carbocycles. The standard InChI is InChI=1S/C13H24N2O2S2/c1-6-11(4)15(5)19(16,17)13-7-12(9-18-13)8-14-10(2)3/h7,9-11,14H,6,8H2,1-5H3. The van der Waals surface area contributed by atoms with E-state index in [1.165, 1.54) is 15.6 Å². The predicted octanol–water partition coefficient (Wildman–Crippen LogP) is 2.67. The lowest BCUT2D eigenvalue weighted by molar-refractivity contribution is 0.381. The first-order chi connectivity index (χ1) is 8.78. The molecule has 0 aromatic carbocycles. The van der Waals surface area contributed by atoms with Gasteiger partial charge in [0.2, 0.25) is 0 Å². The summed E-state index contributed by atoms with van der Waals surface area (Å²) in [5.74, 6) is 0. The van der Waals surface area contributed by atoms with Crippen molar-refractivity contribution in [2.75, 3.05) is 7.05 Å². The maximum absolute atomic E-state index is 12.4. The Labute approximate surface area is 120 Å². The number of hydrogen-bond acceptors (Lipinski definition) is 4. The van der Waals surface area contributed by atoms with E-state index in [1.54, 1.807) is 13.1 Å². The van der Waals surface area contributed by atoms with Gasteiger partial charge in [-0.3, -0.25) is 0 Å².